The Hall–Kier alpha value is -2.74. The molecule has 2 heteroatoms. The van der Waals surface area contributed by atoms with Crippen LogP contribution >= 0.6 is 0 Å². The number of hydrogen-bond donors (Lipinski definition) is 2. The van der Waals surface area contributed by atoms with Gasteiger partial charge in [0.05, 0.1) is 0 Å². The highest BCUT2D eigenvalue weighted by Crippen LogP contribution is 2.33. The van der Waals surface area contributed by atoms with Crippen LogP contribution in [0.25, 0.3) is 22.3 Å². The summed E-state index contributed by atoms with van der Waals surface area (Å²) >= 11 is 0. The molecule has 0 aromatic heterocycles. The van der Waals surface area contributed by atoms with Crippen LogP contribution in [-0.2, 0) is 0 Å². The highest BCUT2D eigenvalue weighted by Gasteiger charge is 2.07. The van der Waals surface area contributed by atoms with Gasteiger partial charge in [-0.25, -0.2) is 0 Å². The van der Waals surface area contributed by atoms with Gasteiger partial charge in [0.15, 0.2) is 0 Å². The molecular formula is C18H16N2. The van der Waals surface area contributed by atoms with Gasteiger partial charge in [0.25, 0.3) is 0 Å². The van der Waals surface area contributed by atoms with Crippen molar-refractivity contribution in [2.75, 3.05) is 11.5 Å². The normalized spacial score (nSPS) is 10.4. The summed E-state index contributed by atoms with van der Waals surface area (Å²) < 4.78 is 0. The number of benzene rings is 3. The van der Waals surface area contributed by atoms with Crippen molar-refractivity contribution in [3.05, 3.63) is 72.8 Å². The molecule has 0 spiro atoms. The van der Waals surface area contributed by atoms with E-state index in [1.165, 1.54) is 11.1 Å². The van der Waals surface area contributed by atoms with Gasteiger partial charge in [-0.15, -0.1) is 0 Å². The number of anilines is 2. The van der Waals surface area contributed by atoms with Crippen LogP contribution in [0.2, 0.25) is 0 Å². The predicted molar refractivity (Wildman–Crippen MR) is 86.1 cm³/mol. The van der Waals surface area contributed by atoms with Gasteiger partial charge in [0.2, 0.25) is 0 Å². The predicted octanol–water partition coefficient (Wildman–Crippen LogP) is 4.19. The van der Waals surface area contributed by atoms with Crippen molar-refractivity contribution in [2.24, 2.45) is 0 Å². The second-order valence-corrected chi connectivity index (χ2v) is 4.79. The van der Waals surface area contributed by atoms with Crippen molar-refractivity contribution in [2.45, 2.75) is 0 Å². The molecule has 4 N–H and O–H groups in total. The Balaban J connectivity index is 2.19. The summed E-state index contributed by atoms with van der Waals surface area (Å²) in [6.07, 6.45) is 0. The topological polar surface area (TPSA) is 52.0 Å². The van der Waals surface area contributed by atoms with Gasteiger partial charge in [0, 0.05) is 11.4 Å². The largest absolute Gasteiger partial charge is 0.399 e. The van der Waals surface area contributed by atoms with Crippen molar-refractivity contribution in [1.82, 2.24) is 0 Å². The van der Waals surface area contributed by atoms with E-state index >= 15 is 0 Å². The minimum absolute atomic E-state index is 0.761. The molecule has 0 atom stereocenters. The molecule has 0 saturated carbocycles. The van der Waals surface area contributed by atoms with Crippen molar-refractivity contribution < 1.29 is 0 Å². The molecule has 0 heterocycles. The molecule has 20 heavy (non-hydrogen) atoms. The van der Waals surface area contributed by atoms with E-state index in [2.05, 4.69) is 18.2 Å². The van der Waals surface area contributed by atoms with E-state index in [1.54, 1.807) is 0 Å². The average molecular weight is 260 g/mol. The lowest BCUT2D eigenvalue weighted by molar-refractivity contribution is 1.57. The molecule has 98 valence electrons. The van der Waals surface area contributed by atoms with E-state index in [9.17, 15) is 0 Å². The molecule has 0 radical (unpaired) electrons. The Morgan fingerprint density at radius 1 is 0.500 bits per heavy atom. The van der Waals surface area contributed by atoms with Gasteiger partial charge < -0.3 is 11.5 Å². The molecule has 3 rings (SSSR count). The molecule has 0 aliphatic rings. The smallest absolute Gasteiger partial charge is 0.0320 e. The van der Waals surface area contributed by atoms with Crippen LogP contribution in [0.15, 0.2) is 72.8 Å². The monoisotopic (exact) mass is 260 g/mol. The quantitative estimate of drug-likeness (QED) is 0.679. The highest BCUT2D eigenvalue weighted by atomic mass is 14.5. The SMILES string of the molecule is Nc1ccc(-c2cc(N)ccc2-c2ccccc2)cc1. The van der Waals surface area contributed by atoms with Crippen LogP contribution in [-0.4, -0.2) is 0 Å². The molecule has 2 nitrogen and oxygen atoms in total. The van der Waals surface area contributed by atoms with Crippen molar-refractivity contribution in [3.8, 4) is 22.3 Å². The van der Waals surface area contributed by atoms with Crippen molar-refractivity contribution >= 4 is 11.4 Å². The summed E-state index contributed by atoms with van der Waals surface area (Å²) in [6.45, 7) is 0. The highest BCUT2D eigenvalue weighted by molar-refractivity contribution is 5.85. The zero-order valence-electron chi connectivity index (χ0n) is 11.1. The Morgan fingerprint density at radius 2 is 1.10 bits per heavy atom. The van der Waals surface area contributed by atoms with Crippen molar-refractivity contribution in [3.63, 3.8) is 0 Å². The second kappa shape index (κ2) is 5.10. The molecule has 0 unspecified atom stereocenters. The van der Waals surface area contributed by atoms with E-state index in [0.717, 1.165) is 22.5 Å². The molecule has 0 saturated heterocycles. The summed E-state index contributed by atoms with van der Waals surface area (Å²) in [5, 5.41) is 0. The van der Waals surface area contributed by atoms with E-state index in [-0.39, 0.29) is 0 Å². The third-order valence-corrected chi connectivity index (χ3v) is 3.35. The standard InChI is InChI=1S/C18H16N2/c19-15-8-6-14(7-9-15)18-12-16(20)10-11-17(18)13-4-2-1-3-5-13/h1-12H,19-20H2. The van der Waals surface area contributed by atoms with Gasteiger partial charge in [-0.05, 0) is 46.5 Å². The van der Waals surface area contributed by atoms with Crippen LogP contribution in [0, 0.1) is 0 Å². The zero-order chi connectivity index (χ0) is 13.9. The van der Waals surface area contributed by atoms with Gasteiger partial charge in [-0.3, -0.25) is 0 Å². The maximum atomic E-state index is 5.95. The Morgan fingerprint density at radius 3 is 1.80 bits per heavy atom. The molecule has 3 aromatic carbocycles. The first-order valence-electron chi connectivity index (χ1n) is 6.55. The van der Waals surface area contributed by atoms with E-state index < -0.39 is 0 Å². The number of hydrogen-bond acceptors (Lipinski definition) is 2. The van der Waals surface area contributed by atoms with Gasteiger partial charge in [-0.1, -0.05) is 48.5 Å². The molecule has 3 aromatic rings. The van der Waals surface area contributed by atoms with Crippen LogP contribution in [0.4, 0.5) is 11.4 Å². The second-order valence-electron chi connectivity index (χ2n) is 4.79. The third-order valence-electron chi connectivity index (χ3n) is 3.35. The zero-order valence-corrected chi connectivity index (χ0v) is 11.1. The first-order chi connectivity index (χ1) is 9.74. The molecule has 0 aliphatic heterocycles. The van der Waals surface area contributed by atoms with E-state index in [4.69, 9.17) is 11.5 Å². The molecule has 0 fully saturated rings. The number of rotatable bonds is 2. The minimum atomic E-state index is 0.761. The fourth-order valence-corrected chi connectivity index (χ4v) is 2.33. The summed E-state index contributed by atoms with van der Waals surface area (Å²) in [5.74, 6) is 0. The lowest BCUT2D eigenvalue weighted by Crippen LogP contribution is -1.90. The third kappa shape index (κ3) is 2.36. The van der Waals surface area contributed by atoms with Gasteiger partial charge in [0.1, 0.15) is 0 Å². The van der Waals surface area contributed by atoms with Crippen molar-refractivity contribution in [1.29, 1.82) is 0 Å². The van der Waals surface area contributed by atoms with Crippen LogP contribution in [0.3, 0.4) is 0 Å². The Bertz CT molecular complexity index is 716. The van der Waals surface area contributed by atoms with Gasteiger partial charge in [-0.2, -0.15) is 0 Å². The number of nitrogen functional groups attached to an aromatic ring is 2. The molecule has 0 bridgehead atoms. The fourth-order valence-electron chi connectivity index (χ4n) is 2.33. The summed E-state index contributed by atoms with van der Waals surface area (Å²) in [6, 6.07) is 24.2. The van der Waals surface area contributed by atoms with Crippen LogP contribution < -0.4 is 11.5 Å². The minimum Gasteiger partial charge on any atom is -0.399 e. The number of nitrogens with two attached hydrogens (primary N) is 2. The molecular weight excluding hydrogens is 244 g/mol. The van der Waals surface area contributed by atoms with Crippen LogP contribution in [0.1, 0.15) is 0 Å². The Labute approximate surface area is 118 Å². The maximum absolute atomic E-state index is 5.95. The molecule has 0 amide bonds. The summed E-state index contributed by atoms with van der Waals surface area (Å²) in [7, 11) is 0. The summed E-state index contributed by atoms with van der Waals surface area (Å²) in [4.78, 5) is 0. The lowest BCUT2D eigenvalue weighted by atomic mass is 9.94. The molecule has 0 aliphatic carbocycles. The van der Waals surface area contributed by atoms with Crippen LogP contribution in [0.5, 0.6) is 0 Å². The van der Waals surface area contributed by atoms with Gasteiger partial charge >= 0.3 is 0 Å². The summed E-state index contributed by atoms with van der Waals surface area (Å²) in [5.41, 5.74) is 17.8. The first kappa shape index (κ1) is 12.3. The van der Waals surface area contributed by atoms with E-state index in [0.29, 0.717) is 0 Å². The average Bonchev–Trinajstić information content (AvgIpc) is 2.49. The van der Waals surface area contributed by atoms with E-state index in [1.807, 2.05) is 54.6 Å². The fraction of sp³-hybridized carbons (Fsp3) is 0. The maximum Gasteiger partial charge on any atom is 0.0320 e. The lowest BCUT2D eigenvalue weighted by Gasteiger charge is -2.11. The Kier molecular flexibility index (Phi) is 3.13. The first-order valence-corrected chi connectivity index (χ1v) is 6.55.